The molecule has 9 heteroatoms. The van der Waals surface area contributed by atoms with Crippen LogP contribution in [-0.2, 0) is 48.4 Å². The van der Waals surface area contributed by atoms with Crippen molar-refractivity contribution in [3.8, 4) is 17.2 Å². The maximum Gasteiger partial charge on any atom is 3.00 e. The van der Waals surface area contributed by atoms with Crippen molar-refractivity contribution in [3.05, 3.63) is 86.5 Å². The van der Waals surface area contributed by atoms with Crippen LogP contribution in [0.15, 0.2) is 36.4 Å². The van der Waals surface area contributed by atoms with Crippen LogP contribution in [0, 0.1) is 68.1 Å². The van der Waals surface area contributed by atoms with Gasteiger partial charge in [-0.2, -0.15) is 0 Å². The predicted octanol–water partition coefficient (Wildman–Crippen LogP) is 9.50. The zero-order valence-electron chi connectivity index (χ0n) is 42.2. The van der Waals surface area contributed by atoms with E-state index >= 15 is 0 Å². The number of hydrogen-bond acceptors (Lipinski definition) is 8. The van der Waals surface area contributed by atoms with Crippen LogP contribution in [0.5, 0.6) is 17.2 Å². The van der Waals surface area contributed by atoms with Crippen LogP contribution in [0.25, 0.3) is 0 Å². The summed E-state index contributed by atoms with van der Waals surface area (Å²) in [6.45, 7) is 43.7. The van der Waals surface area contributed by atoms with Gasteiger partial charge in [0.25, 0.3) is 0 Å². The van der Waals surface area contributed by atoms with Gasteiger partial charge in [-0.15, -0.1) is 17.2 Å². The maximum atomic E-state index is 13.8. The summed E-state index contributed by atoms with van der Waals surface area (Å²) >= 11 is 0. The van der Waals surface area contributed by atoms with Crippen molar-refractivity contribution in [2.45, 2.75) is 150 Å². The molecule has 4 rings (SSSR count). The molecule has 0 spiro atoms. The molecular formula is C53H86N3O5U. The van der Waals surface area contributed by atoms with Crippen LogP contribution in [0.1, 0.15) is 140 Å². The molecule has 0 amide bonds. The summed E-state index contributed by atoms with van der Waals surface area (Å²) in [5.41, 5.74) is 8.69. The number of benzene rings is 3. The summed E-state index contributed by atoms with van der Waals surface area (Å²) in [6.07, 6.45) is 2.25. The van der Waals surface area contributed by atoms with Crippen LogP contribution in [0.4, 0.5) is 0 Å². The van der Waals surface area contributed by atoms with E-state index in [4.69, 9.17) is 9.47 Å². The Morgan fingerprint density at radius 1 is 0.403 bits per heavy atom. The second-order valence-electron chi connectivity index (χ2n) is 20.8. The maximum absolute atomic E-state index is 13.8. The molecule has 3 aromatic carbocycles. The minimum atomic E-state index is 0. The largest absolute Gasteiger partial charge is 3.00 e. The number of ether oxygens (including phenoxy) is 2. The van der Waals surface area contributed by atoms with Crippen LogP contribution >= 0.6 is 0 Å². The first-order valence-electron chi connectivity index (χ1n) is 23.1. The molecule has 1 saturated heterocycles. The van der Waals surface area contributed by atoms with E-state index in [0.717, 1.165) is 135 Å². The van der Waals surface area contributed by atoms with E-state index in [1.54, 1.807) is 0 Å². The minimum Gasteiger partial charge on any atom is -0.872 e. The Morgan fingerprint density at radius 3 is 0.758 bits per heavy atom. The number of aryl methyl sites for hydroxylation is 3. The van der Waals surface area contributed by atoms with Crippen molar-refractivity contribution in [2.24, 2.45) is 16.2 Å². The average molecular weight is 1080 g/mol. The van der Waals surface area contributed by atoms with Crippen molar-refractivity contribution in [3.63, 3.8) is 0 Å². The van der Waals surface area contributed by atoms with E-state index in [9.17, 15) is 15.3 Å². The van der Waals surface area contributed by atoms with Crippen LogP contribution in [0.3, 0.4) is 0 Å². The number of nitrogens with zero attached hydrogens (tertiary/aromatic N) is 3. The standard InChI is InChI=1S/C45H69N3O3.2C4H10O.U/c1-31-19-34(25-43(4,5)6)40(49)37(22-31)28-46-13-15-47(29-38-23-32(2)20-35(41(38)50)26-44(7,8)9)17-18-48(16-14-46)30-39-24-33(3)21-36(42(39)51)27-45(10,11)12;2*1-3-5-4-2;/h19-24,49-51H,13-18,25-30H2,1-12H3;2*3-4H2,1-2H3;/q;;;+3/p-3. The molecule has 1 heterocycles. The Bertz CT molecular complexity index is 1540. The van der Waals surface area contributed by atoms with Gasteiger partial charge in [0.2, 0.25) is 0 Å². The molecule has 1 aliphatic rings. The van der Waals surface area contributed by atoms with Gasteiger partial charge in [0.1, 0.15) is 0 Å². The zero-order chi connectivity index (χ0) is 46.1. The smallest absolute Gasteiger partial charge is 0.872 e. The SMILES string of the molecule is CCOCC.CCOCC.Cc1cc(CN2CCN(Cc3cc(C)cc(CC(C)(C)C)c3[O-])CCN(Cc3cc(C)cc(CC(C)(C)C)c3[O-])CC2)c([O-])c(CC(C)(C)C)c1.[U+3]. The minimum absolute atomic E-state index is 0. The molecule has 0 unspecified atom stereocenters. The second-order valence-corrected chi connectivity index (χ2v) is 20.8. The molecule has 1 radical (unpaired) electrons. The molecule has 8 nitrogen and oxygen atoms in total. The normalized spacial score (nSPS) is 14.7. The predicted molar refractivity (Wildman–Crippen MR) is 252 cm³/mol. The summed E-state index contributed by atoms with van der Waals surface area (Å²) in [4.78, 5) is 7.21. The molecule has 0 bridgehead atoms. The fraction of sp³-hybridized carbons (Fsp3) is 0.660. The summed E-state index contributed by atoms with van der Waals surface area (Å²) in [7, 11) is 0. The third-order valence-electron chi connectivity index (χ3n) is 10.5. The van der Waals surface area contributed by atoms with Gasteiger partial charge in [-0.25, -0.2) is 0 Å². The van der Waals surface area contributed by atoms with E-state index < -0.39 is 0 Å². The van der Waals surface area contributed by atoms with E-state index in [-0.39, 0.29) is 64.6 Å². The Kier molecular flexibility index (Phi) is 25.6. The van der Waals surface area contributed by atoms with E-state index in [0.29, 0.717) is 19.6 Å². The molecule has 347 valence electrons. The Hall–Kier alpha value is -2.09. The van der Waals surface area contributed by atoms with E-state index in [1.807, 2.05) is 27.7 Å². The molecule has 0 saturated carbocycles. The second kappa shape index (κ2) is 27.4. The fourth-order valence-electron chi connectivity index (χ4n) is 8.04. The first-order chi connectivity index (χ1) is 28.4. The molecular weight excluding hydrogens is 997 g/mol. The van der Waals surface area contributed by atoms with Gasteiger partial charge in [0.15, 0.2) is 0 Å². The van der Waals surface area contributed by atoms with Crippen molar-refractivity contribution < 1.29 is 55.9 Å². The van der Waals surface area contributed by atoms with Gasteiger partial charge >= 0.3 is 31.1 Å². The Balaban J connectivity index is 0.00000157. The molecule has 3 aromatic rings. The van der Waals surface area contributed by atoms with Crippen LogP contribution in [0.2, 0.25) is 0 Å². The molecule has 1 fully saturated rings. The summed E-state index contributed by atoms with van der Waals surface area (Å²) in [5, 5.41) is 41.4. The summed E-state index contributed by atoms with van der Waals surface area (Å²) in [5.74, 6) is 0.482. The van der Waals surface area contributed by atoms with Gasteiger partial charge in [-0.1, -0.05) is 132 Å². The van der Waals surface area contributed by atoms with Gasteiger partial charge in [-0.3, -0.25) is 14.7 Å². The van der Waals surface area contributed by atoms with Crippen molar-refractivity contribution in [1.82, 2.24) is 14.7 Å². The molecule has 0 N–H and O–H groups in total. The summed E-state index contributed by atoms with van der Waals surface area (Å²) < 4.78 is 9.67. The first-order valence-corrected chi connectivity index (χ1v) is 23.1. The molecule has 62 heavy (non-hydrogen) atoms. The molecule has 0 atom stereocenters. The third kappa shape index (κ3) is 22.2. The quantitative estimate of drug-likeness (QED) is 0.167. The molecule has 0 aliphatic carbocycles. The van der Waals surface area contributed by atoms with E-state index in [2.05, 4.69) is 134 Å². The van der Waals surface area contributed by atoms with Gasteiger partial charge in [0.05, 0.1) is 0 Å². The van der Waals surface area contributed by atoms with E-state index in [1.165, 1.54) is 0 Å². The Morgan fingerprint density at radius 2 is 0.597 bits per heavy atom. The van der Waals surface area contributed by atoms with Gasteiger partial charge in [0, 0.05) is 85.3 Å². The average Bonchev–Trinajstić information content (AvgIpc) is 3.21. The van der Waals surface area contributed by atoms with Crippen LogP contribution < -0.4 is 15.3 Å². The number of hydrogen-bond donors (Lipinski definition) is 0. The Labute approximate surface area is 403 Å². The van der Waals surface area contributed by atoms with Crippen molar-refractivity contribution in [1.29, 1.82) is 0 Å². The molecule has 1 aliphatic heterocycles. The van der Waals surface area contributed by atoms with Crippen molar-refractivity contribution >= 4 is 0 Å². The van der Waals surface area contributed by atoms with Gasteiger partial charge < -0.3 is 24.8 Å². The topological polar surface area (TPSA) is 97.4 Å². The third-order valence-corrected chi connectivity index (χ3v) is 10.5. The first kappa shape index (κ1) is 57.9. The summed E-state index contributed by atoms with van der Waals surface area (Å²) in [6, 6.07) is 12.4. The van der Waals surface area contributed by atoms with Crippen LogP contribution in [-0.4, -0.2) is 80.4 Å². The fourth-order valence-corrected chi connectivity index (χ4v) is 8.04. The van der Waals surface area contributed by atoms with Crippen molar-refractivity contribution in [2.75, 3.05) is 65.7 Å². The monoisotopic (exact) mass is 1080 g/mol. The van der Waals surface area contributed by atoms with Gasteiger partial charge in [-0.05, 0) is 101 Å². The number of rotatable bonds is 13. The zero-order valence-corrected chi connectivity index (χ0v) is 46.3. The molecule has 0 aromatic heterocycles.